The topological polar surface area (TPSA) is 83.9 Å². The van der Waals surface area contributed by atoms with E-state index in [1.165, 1.54) is 0 Å². The van der Waals surface area contributed by atoms with Crippen LogP contribution in [0, 0.1) is 0 Å². The second-order valence-electron chi connectivity index (χ2n) is 4.14. The van der Waals surface area contributed by atoms with E-state index in [0.717, 1.165) is 13.1 Å². The number of carbonyl (C=O) groups is 1. The van der Waals surface area contributed by atoms with E-state index < -0.39 is 15.8 Å². The maximum absolute atomic E-state index is 11.6. The van der Waals surface area contributed by atoms with Gasteiger partial charge >= 0.3 is 5.97 Å². The molecule has 1 saturated heterocycles. The highest BCUT2D eigenvalue weighted by Crippen LogP contribution is 2.08. The summed E-state index contributed by atoms with van der Waals surface area (Å²) in [6, 6.07) is 0. The molecule has 1 fully saturated rings. The molecule has 0 spiro atoms. The van der Waals surface area contributed by atoms with Crippen LogP contribution < -0.4 is 0 Å². The van der Waals surface area contributed by atoms with Gasteiger partial charge in [0, 0.05) is 13.1 Å². The Balaban J connectivity index is 2.44. The third-order valence-corrected chi connectivity index (χ3v) is 4.44. The molecule has 100 valence electrons. The molecular formula is C10H19NO5S. The zero-order chi connectivity index (χ0) is 12.9. The summed E-state index contributed by atoms with van der Waals surface area (Å²) in [6.45, 7) is 4.84. The van der Waals surface area contributed by atoms with Gasteiger partial charge in [-0.05, 0) is 6.54 Å². The first-order chi connectivity index (χ1) is 7.93. The minimum Gasteiger partial charge on any atom is -0.481 e. The van der Waals surface area contributed by atoms with Crippen molar-refractivity contribution in [3.63, 3.8) is 0 Å². The summed E-state index contributed by atoms with van der Waals surface area (Å²) in [5.74, 6) is -1.49. The SMILES string of the molecule is CCN1CCOC(CS(=O)(=O)CCC(=O)O)C1. The van der Waals surface area contributed by atoms with E-state index in [0.29, 0.717) is 13.2 Å². The highest BCUT2D eigenvalue weighted by molar-refractivity contribution is 7.91. The molecular weight excluding hydrogens is 246 g/mol. The summed E-state index contributed by atoms with van der Waals surface area (Å²) in [5, 5.41) is 8.46. The number of ether oxygens (including phenoxy) is 1. The van der Waals surface area contributed by atoms with Gasteiger partial charge in [-0.2, -0.15) is 0 Å². The van der Waals surface area contributed by atoms with Crippen molar-refractivity contribution in [1.82, 2.24) is 4.90 Å². The zero-order valence-electron chi connectivity index (χ0n) is 9.96. The maximum atomic E-state index is 11.6. The number of likely N-dealkylation sites (N-methyl/N-ethyl adjacent to an activating group) is 1. The lowest BCUT2D eigenvalue weighted by Crippen LogP contribution is -2.45. The van der Waals surface area contributed by atoms with Crippen molar-refractivity contribution in [3.05, 3.63) is 0 Å². The Morgan fingerprint density at radius 1 is 1.53 bits per heavy atom. The lowest BCUT2D eigenvalue weighted by atomic mass is 10.3. The van der Waals surface area contributed by atoms with Crippen LogP contribution in [0.3, 0.4) is 0 Å². The van der Waals surface area contributed by atoms with Crippen LogP contribution in [0.4, 0.5) is 0 Å². The fourth-order valence-electron chi connectivity index (χ4n) is 1.78. The summed E-state index contributed by atoms with van der Waals surface area (Å²) in [4.78, 5) is 12.5. The Morgan fingerprint density at radius 2 is 2.24 bits per heavy atom. The normalized spacial score (nSPS) is 22.5. The van der Waals surface area contributed by atoms with E-state index in [4.69, 9.17) is 9.84 Å². The van der Waals surface area contributed by atoms with E-state index >= 15 is 0 Å². The van der Waals surface area contributed by atoms with Crippen LogP contribution in [-0.2, 0) is 19.4 Å². The first kappa shape index (κ1) is 14.4. The highest BCUT2D eigenvalue weighted by Gasteiger charge is 2.25. The van der Waals surface area contributed by atoms with E-state index in [-0.39, 0.29) is 24.0 Å². The minimum atomic E-state index is -3.34. The average molecular weight is 265 g/mol. The molecule has 0 aromatic rings. The van der Waals surface area contributed by atoms with Gasteiger partial charge in [0.1, 0.15) is 0 Å². The van der Waals surface area contributed by atoms with Crippen LogP contribution in [-0.4, -0.2) is 68.2 Å². The van der Waals surface area contributed by atoms with Gasteiger partial charge in [-0.1, -0.05) is 6.92 Å². The number of carboxylic acid groups (broad SMARTS) is 1. The van der Waals surface area contributed by atoms with Crippen LogP contribution in [0.5, 0.6) is 0 Å². The van der Waals surface area contributed by atoms with Gasteiger partial charge in [-0.15, -0.1) is 0 Å². The molecule has 7 heteroatoms. The van der Waals surface area contributed by atoms with E-state index in [2.05, 4.69) is 4.90 Å². The molecule has 0 bridgehead atoms. The Bertz CT molecular complexity index is 354. The molecule has 0 saturated carbocycles. The summed E-state index contributed by atoms with van der Waals surface area (Å²) < 4.78 is 28.7. The molecule has 1 unspecified atom stereocenters. The average Bonchev–Trinajstić information content (AvgIpc) is 2.26. The third kappa shape index (κ3) is 5.47. The lowest BCUT2D eigenvalue weighted by Gasteiger charge is -2.31. The molecule has 0 aliphatic carbocycles. The zero-order valence-corrected chi connectivity index (χ0v) is 10.8. The first-order valence-corrected chi connectivity index (χ1v) is 7.51. The van der Waals surface area contributed by atoms with Crippen molar-refractivity contribution < 1.29 is 23.1 Å². The van der Waals surface area contributed by atoms with Gasteiger partial charge in [0.05, 0.1) is 30.6 Å². The largest absolute Gasteiger partial charge is 0.481 e. The molecule has 6 nitrogen and oxygen atoms in total. The van der Waals surface area contributed by atoms with Crippen molar-refractivity contribution in [3.8, 4) is 0 Å². The second-order valence-corrected chi connectivity index (χ2v) is 6.37. The van der Waals surface area contributed by atoms with Crippen molar-refractivity contribution in [2.75, 3.05) is 37.7 Å². The lowest BCUT2D eigenvalue weighted by molar-refractivity contribution is -0.136. The van der Waals surface area contributed by atoms with Crippen LogP contribution in [0.1, 0.15) is 13.3 Å². The molecule has 1 aliphatic rings. The van der Waals surface area contributed by atoms with Crippen LogP contribution in [0.25, 0.3) is 0 Å². The molecule has 0 aromatic carbocycles. The maximum Gasteiger partial charge on any atom is 0.304 e. The molecule has 1 N–H and O–H groups in total. The number of nitrogens with zero attached hydrogens (tertiary/aromatic N) is 1. The fourth-order valence-corrected chi connectivity index (χ4v) is 3.20. The summed E-state index contributed by atoms with van der Waals surface area (Å²) in [7, 11) is -3.34. The van der Waals surface area contributed by atoms with Crippen LogP contribution in [0.15, 0.2) is 0 Å². The summed E-state index contributed by atoms with van der Waals surface area (Å²) in [6.07, 6.45) is -0.672. The molecule has 0 aromatic heterocycles. The van der Waals surface area contributed by atoms with Crippen molar-refractivity contribution in [2.24, 2.45) is 0 Å². The summed E-state index contributed by atoms with van der Waals surface area (Å²) >= 11 is 0. The highest BCUT2D eigenvalue weighted by atomic mass is 32.2. The van der Waals surface area contributed by atoms with E-state index in [1.807, 2.05) is 6.92 Å². The van der Waals surface area contributed by atoms with Crippen molar-refractivity contribution >= 4 is 15.8 Å². The van der Waals surface area contributed by atoms with Gasteiger partial charge in [0.25, 0.3) is 0 Å². The number of hydrogen-bond acceptors (Lipinski definition) is 5. The van der Waals surface area contributed by atoms with Gasteiger partial charge in [0.15, 0.2) is 9.84 Å². The molecule has 0 radical (unpaired) electrons. The Labute approximate surface area is 101 Å². The number of rotatable bonds is 6. The molecule has 17 heavy (non-hydrogen) atoms. The Kier molecular flexibility index (Phi) is 5.35. The summed E-state index contributed by atoms with van der Waals surface area (Å²) in [5.41, 5.74) is 0. The minimum absolute atomic E-state index is 0.0865. The van der Waals surface area contributed by atoms with Crippen LogP contribution in [0.2, 0.25) is 0 Å². The van der Waals surface area contributed by atoms with Gasteiger partial charge in [0.2, 0.25) is 0 Å². The monoisotopic (exact) mass is 265 g/mol. The first-order valence-electron chi connectivity index (χ1n) is 5.69. The Morgan fingerprint density at radius 3 is 2.82 bits per heavy atom. The molecule has 1 heterocycles. The predicted molar refractivity (Wildman–Crippen MR) is 62.8 cm³/mol. The van der Waals surface area contributed by atoms with Gasteiger partial charge in [-0.25, -0.2) is 8.42 Å². The van der Waals surface area contributed by atoms with Crippen molar-refractivity contribution in [1.29, 1.82) is 0 Å². The van der Waals surface area contributed by atoms with Gasteiger partial charge < -0.3 is 9.84 Å². The number of morpholine rings is 1. The van der Waals surface area contributed by atoms with E-state index in [1.54, 1.807) is 0 Å². The second kappa shape index (κ2) is 6.32. The number of aliphatic carboxylic acids is 1. The smallest absolute Gasteiger partial charge is 0.304 e. The molecule has 1 aliphatic heterocycles. The number of hydrogen-bond donors (Lipinski definition) is 1. The molecule has 1 atom stereocenters. The van der Waals surface area contributed by atoms with E-state index in [9.17, 15) is 13.2 Å². The van der Waals surface area contributed by atoms with Crippen LogP contribution >= 0.6 is 0 Å². The quantitative estimate of drug-likeness (QED) is 0.703. The van der Waals surface area contributed by atoms with Crippen molar-refractivity contribution in [2.45, 2.75) is 19.4 Å². The fraction of sp³-hybridized carbons (Fsp3) is 0.900. The molecule has 0 amide bonds. The third-order valence-electron chi connectivity index (χ3n) is 2.74. The molecule has 1 rings (SSSR count). The predicted octanol–water partition coefficient (Wildman–Crippen LogP) is -0.403. The standard InChI is InChI=1S/C10H19NO5S/c1-2-11-4-5-16-9(7-11)8-17(14,15)6-3-10(12)13/h9H,2-8H2,1H3,(H,12,13). The Hall–Kier alpha value is -0.660. The van der Waals surface area contributed by atoms with Gasteiger partial charge in [-0.3, -0.25) is 9.69 Å². The number of carboxylic acids is 1. The number of sulfone groups is 1.